The predicted octanol–water partition coefficient (Wildman–Crippen LogP) is 14.5. The molecule has 0 bridgehead atoms. The molecule has 0 aliphatic heterocycles. The second kappa shape index (κ2) is 43.8. The van der Waals surface area contributed by atoms with Crippen molar-refractivity contribution < 1.29 is 28.6 Å². The van der Waals surface area contributed by atoms with Crippen LogP contribution < -0.4 is 0 Å². The molecule has 1 atom stereocenters. The molecule has 55 heavy (non-hydrogen) atoms. The number of carbonyl (C=O) groups excluding carboxylic acids is 3. The van der Waals surface area contributed by atoms with Crippen LogP contribution in [0.3, 0.4) is 0 Å². The molecular weight excluding hydrogens is 685 g/mol. The average Bonchev–Trinajstić information content (AvgIpc) is 3.18. The van der Waals surface area contributed by atoms with Crippen LogP contribution >= 0.6 is 0 Å². The van der Waals surface area contributed by atoms with Gasteiger partial charge in [0.05, 0.1) is 0 Å². The monoisotopic (exact) mass is 769 g/mol. The van der Waals surface area contributed by atoms with E-state index in [1.165, 1.54) is 77.0 Å². The first-order valence-corrected chi connectivity index (χ1v) is 22.8. The normalized spacial score (nSPS) is 12.6. The summed E-state index contributed by atoms with van der Waals surface area (Å²) in [5.74, 6) is -0.937. The lowest BCUT2D eigenvalue weighted by atomic mass is 10.1. The summed E-state index contributed by atoms with van der Waals surface area (Å²) in [4.78, 5) is 37.6. The molecule has 0 saturated heterocycles. The minimum atomic E-state index is -0.787. The van der Waals surface area contributed by atoms with E-state index in [0.29, 0.717) is 19.3 Å². The van der Waals surface area contributed by atoms with Crippen LogP contribution in [0.1, 0.15) is 213 Å². The number of esters is 3. The summed E-state index contributed by atoms with van der Waals surface area (Å²) in [7, 11) is 0. The lowest BCUT2D eigenvalue weighted by Crippen LogP contribution is -2.30. The van der Waals surface area contributed by atoms with E-state index in [4.69, 9.17) is 14.2 Å². The Morgan fingerprint density at radius 1 is 0.382 bits per heavy atom. The molecule has 0 fully saturated rings. The third-order valence-corrected chi connectivity index (χ3v) is 9.51. The summed E-state index contributed by atoms with van der Waals surface area (Å²) in [5.41, 5.74) is 0. The molecule has 0 rings (SSSR count). The topological polar surface area (TPSA) is 78.9 Å². The molecule has 6 heteroatoms. The van der Waals surface area contributed by atoms with Gasteiger partial charge in [-0.15, -0.1) is 0 Å². The molecule has 0 heterocycles. The Bertz CT molecular complexity index is 1020. The standard InChI is InChI=1S/C49H84O6/c1-4-7-10-13-16-18-20-22-23-24-25-27-28-30-33-36-39-42-48(51)54-45-46(44-53-47(50)41-38-35-32-15-12-9-6-3)55-49(52)43-40-37-34-31-29-26-21-19-17-14-11-8-5-2/h8,11,16-19,22-23,26,29,46H,4-7,9-10,12-15,20-21,24-25,27-28,30-45H2,1-3H3/b11-8-,18-16-,19-17-,23-22-,29-26-. The van der Waals surface area contributed by atoms with E-state index in [2.05, 4.69) is 81.5 Å². The Labute approximate surface area is 339 Å². The molecule has 0 aliphatic rings. The highest BCUT2D eigenvalue weighted by molar-refractivity contribution is 5.71. The van der Waals surface area contributed by atoms with Crippen molar-refractivity contribution in [3.63, 3.8) is 0 Å². The Morgan fingerprint density at radius 3 is 1.16 bits per heavy atom. The highest BCUT2D eigenvalue weighted by Crippen LogP contribution is 2.13. The lowest BCUT2D eigenvalue weighted by molar-refractivity contribution is -0.167. The van der Waals surface area contributed by atoms with E-state index >= 15 is 0 Å². The Hall–Kier alpha value is -2.89. The SMILES string of the molecule is CC/C=C\C/C=C\C/C=C\CCCCCC(=O)OC(COC(=O)CCCCCCCCC)COC(=O)CCCCCCCCC/C=C\C/C=C\CCCCC. The third-order valence-electron chi connectivity index (χ3n) is 9.51. The van der Waals surface area contributed by atoms with Crippen molar-refractivity contribution in [3.05, 3.63) is 60.8 Å². The summed E-state index contributed by atoms with van der Waals surface area (Å²) in [6.45, 7) is 6.41. The smallest absolute Gasteiger partial charge is 0.306 e. The summed E-state index contributed by atoms with van der Waals surface area (Å²) in [5, 5.41) is 0. The number of rotatable bonds is 40. The number of allylic oxidation sites excluding steroid dienone is 10. The molecule has 0 aliphatic carbocycles. The molecule has 0 N–H and O–H groups in total. The number of ether oxygens (including phenoxy) is 3. The van der Waals surface area contributed by atoms with Crippen LogP contribution in [0, 0.1) is 0 Å². The fraction of sp³-hybridized carbons (Fsp3) is 0.735. The zero-order valence-corrected chi connectivity index (χ0v) is 35.9. The van der Waals surface area contributed by atoms with Crippen LogP contribution in [0.4, 0.5) is 0 Å². The molecule has 0 amide bonds. The first-order chi connectivity index (χ1) is 27.0. The van der Waals surface area contributed by atoms with E-state index in [9.17, 15) is 14.4 Å². The van der Waals surface area contributed by atoms with Gasteiger partial charge in [0.1, 0.15) is 13.2 Å². The fourth-order valence-electron chi connectivity index (χ4n) is 6.07. The highest BCUT2D eigenvalue weighted by atomic mass is 16.6. The molecule has 1 unspecified atom stereocenters. The lowest BCUT2D eigenvalue weighted by Gasteiger charge is -2.18. The van der Waals surface area contributed by atoms with Gasteiger partial charge in [0, 0.05) is 19.3 Å². The zero-order chi connectivity index (χ0) is 40.1. The van der Waals surface area contributed by atoms with Gasteiger partial charge in [-0.1, -0.05) is 171 Å². The minimum Gasteiger partial charge on any atom is -0.462 e. The van der Waals surface area contributed by atoms with Crippen molar-refractivity contribution >= 4 is 17.9 Å². The molecule has 0 radical (unpaired) electrons. The number of hydrogen-bond acceptors (Lipinski definition) is 6. The number of carbonyl (C=O) groups is 3. The van der Waals surface area contributed by atoms with Crippen molar-refractivity contribution in [2.24, 2.45) is 0 Å². The van der Waals surface area contributed by atoms with E-state index in [1.54, 1.807) is 0 Å². The zero-order valence-electron chi connectivity index (χ0n) is 35.9. The minimum absolute atomic E-state index is 0.0888. The van der Waals surface area contributed by atoms with Gasteiger partial charge in [-0.25, -0.2) is 0 Å². The summed E-state index contributed by atoms with van der Waals surface area (Å²) in [6, 6.07) is 0. The second-order valence-electron chi connectivity index (χ2n) is 14.9. The number of hydrogen-bond donors (Lipinski definition) is 0. The van der Waals surface area contributed by atoms with Gasteiger partial charge in [0.2, 0.25) is 0 Å². The van der Waals surface area contributed by atoms with E-state index in [0.717, 1.165) is 96.3 Å². The Balaban J connectivity index is 4.34. The Kier molecular flexibility index (Phi) is 41.5. The average molecular weight is 769 g/mol. The van der Waals surface area contributed by atoms with Crippen molar-refractivity contribution in [1.82, 2.24) is 0 Å². The van der Waals surface area contributed by atoms with E-state index in [1.807, 2.05) is 0 Å². The van der Waals surface area contributed by atoms with E-state index < -0.39 is 6.10 Å². The van der Waals surface area contributed by atoms with Gasteiger partial charge in [0.15, 0.2) is 6.10 Å². The molecule has 0 aromatic heterocycles. The van der Waals surface area contributed by atoms with Crippen molar-refractivity contribution in [3.8, 4) is 0 Å². The first-order valence-electron chi connectivity index (χ1n) is 22.8. The van der Waals surface area contributed by atoms with Crippen LogP contribution in [-0.4, -0.2) is 37.2 Å². The van der Waals surface area contributed by atoms with Gasteiger partial charge < -0.3 is 14.2 Å². The maximum Gasteiger partial charge on any atom is 0.306 e. The van der Waals surface area contributed by atoms with Crippen LogP contribution in [0.15, 0.2) is 60.8 Å². The second-order valence-corrected chi connectivity index (χ2v) is 14.9. The van der Waals surface area contributed by atoms with Crippen molar-refractivity contribution in [1.29, 1.82) is 0 Å². The molecular formula is C49H84O6. The van der Waals surface area contributed by atoms with Gasteiger partial charge in [-0.3, -0.25) is 14.4 Å². The number of unbranched alkanes of at least 4 members (excludes halogenated alkanes) is 19. The van der Waals surface area contributed by atoms with Crippen LogP contribution in [0.25, 0.3) is 0 Å². The molecule has 0 aromatic rings. The summed E-state index contributed by atoms with van der Waals surface area (Å²) in [6.07, 6.45) is 52.1. The quantitative estimate of drug-likeness (QED) is 0.0267. The van der Waals surface area contributed by atoms with Crippen molar-refractivity contribution in [2.75, 3.05) is 13.2 Å². The summed E-state index contributed by atoms with van der Waals surface area (Å²) < 4.78 is 16.6. The van der Waals surface area contributed by atoms with Gasteiger partial charge in [-0.2, -0.15) is 0 Å². The molecule has 0 aromatic carbocycles. The first kappa shape index (κ1) is 52.1. The predicted molar refractivity (Wildman–Crippen MR) is 233 cm³/mol. The Morgan fingerprint density at radius 2 is 0.709 bits per heavy atom. The highest BCUT2D eigenvalue weighted by Gasteiger charge is 2.19. The van der Waals surface area contributed by atoms with Gasteiger partial charge >= 0.3 is 17.9 Å². The third kappa shape index (κ3) is 42.1. The van der Waals surface area contributed by atoms with Crippen LogP contribution in [0.5, 0.6) is 0 Å². The maximum atomic E-state index is 12.7. The van der Waals surface area contributed by atoms with Crippen LogP contribution in [0.2, 0.25) is 0 Å². The molecule has 316 valence electrons. The molecule has 6 nitrogen and oxygen atoms in total. The summed E-state index contributed by atoms with van der Waals surface area (Å²) >= 11 is 0. The maximum absolute atomic E-state index is 12.7. The largest absolute Gasteiger partial charge is 0.462 e. The van der Waals surface area contributed by atoms with Crippen LogP contribution in [-0.2, 0) is 28.6 Å². The molecule has 0 spiro atoms. The fourth-order valence-corrected chi connectivity index (χ4v) is 6.07. The van der Waals surface area contributed by atoms with Crippen molar-refractivity contribution in [2.45, 2.75) is 219 Å². The van der Waals surface area contributed by atoms with Gasteiger partial charge in [-0.05, 0) is 83.5 Å². The van der Waals surface area contributed by atoms with Gasteiger partial charge in [0.25, 0.3) is 0 Å². The van der Waals surface area contributed by atoms with E-state index in [-0.39, 0.29) is 31.1 Å². The molecule has 0 saturated carbocycles.